The van der Waals surface area contributed by atoms with Gasteiger partial charge in [0.05, 0.1) is 20.8 Å². The zero-order chi connectivity index (χ0) is 19.0. The van der Waals surface area contributed by atoms with Crippen LogP contribution in [0.5, 0.6) is 0 Å². The van der Waals surface area contributed by atoms with Gasteiger partial charge in [0.1, 0.15) is 0 Å². The Hall–Kier alpha value is -3.05. The summed E-state index contributed by atoms with van der Waals surface area (Å²) < 4.78 is 3.10. The standard InChI is InChI=1S/C16H13N7O2S2/c1-21(2)10-3-5-11(6-4-10)22-15(18-19-20-22)27-16-17-13-8-7-12(23(24)25)9-14(13)26-16/h3-9H,1-2H3. The molecule has 0 fully saturated rings. The summed E-state index contributed by atoms with van der Waals surface area (Å²) in [6.07, 6.45) is 0. The number of tetrazole rings is 1. The maximum absolute atomic E-state index is 10.9. The third-order valence-corrected chi connectivity index (χ3v) is 5.81. The molecule has 11 heteroatoms. The Balaban J connectivity index is 1.63. The van der Waals surface area contributed by atoms with Crippen molar-refractivity contribution in [3.05, 3.63) is 52.6 Å². The van der Waals surface area contributed by atoms with E-state index < -0.39 is 4.92 Å². The first-order valence-electron chi connectivity index (χ1n) is 7.80. The van der Waals surface area contributed by atoms with E-state index in [-0.39, 0.29) is 5.69 Å². The minimum absolute atomic E-state index is 0.0496. The first kappa shape index (κ1) is 17.4. The molecule has 0 aliphatic rings. The quantitative estimate of drug-likeness (QED) is 0.372. The minimum Gasteiger partial charge on any atom is -0.378 e. The molecule has 0 atom stereocenters. The summed E-state index contributed by atoms with van der Waals surface area (Å²) in [6, 6.07) is 12.5. The van der Waals surface area contributed by atoms with Gasteiger partial charge in [-0.05, 0) is 52.5 Å². The van der Waals surface area contributed by atoms with Gasteiger partial charge in [-0.1, -0.05) is 0 Å². The first-order chi connectivity index (χ1) is 13.0. The van der Waals surface area contributed by atoms with E-state index in [9.17, 15) is 10.1 Å². The van der Waals surface area contributed by atoms with Crippen molar-refractivity contribution in [2.75, 3.05) is 19.0 Å². The van der Waals surface area contributed by atoms with Gasteiger partial charge >= 0.3 is 0 Å². The first-order valence-corrected chi connectivity index (χ1v) is 9.43. The molecule has 0 radical (unpaired) electrons. The maximum Gasteiger partial charge on any atom is 0.270 e. The molecule has 0 N–H and O–H groups in total. The van der Waals surface area contributed by atoms with Gasteiger partial charge in [-0.2, -0.15) is 4.68 Å². The van der Waals surface area contributed by atoms with E-state index in [4.69, 9.17) is 0 Å². The van der Waals surface area contributed by atoms with Crippen LogP contribution in [0.15, 0.2) is 52.0 Å². The molecular formula is C16H13N7O2S2. The average molecular weight is 399 g/mol. The Kier molecular flexibility index (Phi) is 4.46. The number of hydrogen-bond donors (Lipinski definition) is 0. The van der Waals surface area contributed by atoms with Crippen molar-refractivity contribution >= 4 is 44.7 Å². The molecule has 0 amide bonds. The highest BCUT2D eigenvalue weighted by atomic mass is 32.2. The molecule has 2 aromatic heterocycles. The summed E-state index contributed by atoms with van der Waals surface area (Å²) in [5, 5.41) is 23.4. The van der Waals surface area contributed by atoms with Crippen LogP contribution in [0.3, 0.4) is 0 Å². The number of nitrogens with zero attached hydrogens (tertiary/aromatic N) is 7. The molecule has 4 rings (SSSR count). The molecule has 0 saturated carbocycles. The predicted octanol–water partition coefficient (Wildman–Crippen LogP) is 3.40. The minimum atomic E-state index is -0.413. The third-order valence-electron chi connectivity index (χ3n) is 3.79. The van der Waals surface area contributed by atoms with Gasteiger partial charge < -0.3 is 4.90 Å². The van der Waals surface area contributed by atoms with Crippen LogP contribution >= 0.6 is 23.1 Å². The van der Waals surface area contributed by atoms with E-state index >= 15 is 0 Å². The summed E-state index contributed by atoms with van der Waals surface area (Å²) >= 11 is 2.69. The monoisotopic (exact) mass is 399 g/mol. The Labute approximate surface area is 161 Å². The zero-order valence-corrected chi connectivity index (χ0v) is 15.9. The number of aromatic nitrogens is 5. The fourth-order valence-electron chi connectivity index (χ4n) is 2.42. The van der Waals surface area contributed by atoms with Crippen LogP contribution in [-0.2, 0) is 0 Å². The lowest BCUT2D eigenvalue weighted by molar-refractivity contribution is -0.384. The lowest BCUT2D eigenvalue weighted by Crippen LogP contribution is -2.08. The van der Waals surface area contributed by atoms with Crippen molar-refractivity contribution in [3.63, 3.8) is 0 Å². The van der Waals surface area contributed by atoms with Crippen LogP contribution in [0.1, 0.15) is 0 Å². The molecule has 0 aliphatic carbocycles. The SMILES string of the molecule is CN(C)c1ccc(-n2nnnc2Sc2nc3ccc([N+](=O)[O-])cc3s2)cc1. The molecule has 9 nitrogen and oxygen atoms in total. The number of nitro groups is 1. The van der Waals surface area contributed by atoms with E-state index in [0.717, 1.165) is 16.1 Å². The molecule has 0 saturated heterocycles. The van der Waals surface area contributed by atoms with Gasteiger partial charge in [-0.15, -0.1) is 16.4 Å². The van der Waals surface area contributed by atoms with E-state index in [1.54, 1.807) is 10.7 Å². The van der Waals surface area contributed by atoms with Gasteiger partial charge in [0.25, 0.3) is 5.69 Å². The van der Waals surface area contributed by atoms with E-state index in [2.05, 4.69) is 20.5 Å². The molecule has 27 heavy (non-hydrogen) atoms. The number of nitro benzene ring substituents is 1. The van der Waals surface area contributed by atoms with Crippen molar-refractivity contribution in [2.24, 2.45) is 0 Å². The molecule has 2 aromatic carbocycles. The van der Waals surface area contributed by atoms with Crippen LogP contribution < -0.4 is 4.90 Å². The van der Waals surface area contributed by atoms with Gasteiger partial charge in [0, 0.05) is 31.9 Å². The summed E-state index contributed by atoms with van der Waals surface area (Å²) in [7, 11) is 3.95. The van der Waals surface area contributed by atoms with E-state index in [0.29, 0.717) is 15.0 Å². The number of non-ortho nitro benzene ring substituents is 1. The highest BCUT2D eigenvalue weighted by Gasteiger charge is 2.15. The Morgan fingerprint density at radius 1 is 1.19 bits per heavy atom. The molecule has 0 aliphatic heterocycles. The number of benzene rings is 2. The number of rotatable bonds is 5. The Bertz CT molecular complexity index is 1120. The summed E-state index contributed by atoms with van der Waals surface area (Å²) in [5.74, 6) is 0. The van der Waals surface area contributed by atoms with Gasteiger partial charge in [0.2, 0.25) is 5.16 Å². The normalized spacial score (nSPS) is 11.0. The molecular weight excluding hydrogens is 386 g/mol. The fraction of sp³-hybridized carbons (Fsp3) is 0.125. The number of fused-ring (bicyclic) bond motifs is 1. The lowest BCUT2D eigenvalue weighted by Gasteiger charge is -2.12. The highest BCUT2D eigenvalue weighted by molar-refractivity contribution is 8.01. The third kappa shape index (κ3) is 3.46. The van der Waals surface area contributed by atoms with Crippen molar-refractivity contribution < 1.29 is 4.92 Å². The van der Waals surface area contributed by atoms with Crippen LogP contribution in [0, 0.1) is 10.1 Å². The molecule has 0 bridgehead atoms. The zero-order valence-electron chi connectivity index (χ0n) is 14.3. The second-order valence-corrected chi connectivity index (χ2v) is 8.02. The summed E-state index contributed by atoms with van der Waals surface area (Å²) in [6.45, 7) is 0. The van der Waals surface area contributed by atoms with Crippen molar-refractivity contribution in [2.45, 2.75) is 9.50 Å². The van der Waals surface area contributed by atoms with E-state index in [1.165, 1.54) is 35.2 Å². The summed E-state index contributed by atoms with van der Waals surface area (Å²) in [4.78, 5) is 17.0. The molecule has 0 unspecified atom stereocenters. The van der Waals surface area contributed by atoms with Crippen LogP contribution in [0.2, 0.25) is 0 Å². The summed E-state index contributed by atoms with van der Waals surface area (Å²) in [5.41, 5.74) is 2.68. The number of hydrogen-bond acceptors (Lipinski definition) is 9. The molecule has 4 aromatic rings. The second-order valence-electron chi connectivity index (χ2n) is 5.78. The van der Waals surface area contributed by atoms with E-state index in [1.807, 2.05) is 43.3 Å². The van der Waals surface area contributed by atoms with Gasteiger partial charge in [-0.25, -0.2) is 4.98 Å². The molecule has 2 heterocycles. The maximum atomic E-state index is 10.9. The lowest BCUT2D eigenvalue weighted by atomic mass is 10.3. The van der Waals surface area contributed by atoms with Crippen molar-refractivity contribution in [1.29, 1.82) is 0 Å². The van der Waals surface area contributed by atoms with Crippen molar-refractivity contribution in [3.8, 4) is 5.69 Å². The van der Waals surface area contributed by atoms with Crippen LogP contribution in [0.25, 0.3) is 15.9 Å². The predicted molar refractivity (Wildman–Crippen MR) is 104 cm³/mol. The smallest absolute Gasteiger partial charge is 0.270 e. The Morgan fingerprint density at radius 2 is 1.96 bits per heavy atom. The topological polar surface area (TPSA) is 103 Å². The number of anilines is 1. The van der Waals surface area contributed by atoms with Crippen molar-refractivity contribution in [1.82, 2.24) is 25.2 Å². The average Bonchev–Trinajstić information content (AvgIpc) is 3.27. The molecule has 0 spiro atoms. The number of thiazole rings is 1. The Morgan fingerprint density at radius 3 is 2.67 bits per heavy atom. The van der Waals surface area contributed by atoms with Crippen LogP contribution in [0.4, 0.5) is 11.4 Å². The second kappa shape index (κ2) is 6.93. The van der Waals surface area contributed by atoms with Gasteiger partial charge in [0.15, 0.2) is 4.34 Å². The fourth-order valence-corrected chi connectivity index (χ4v) is 4.42. The molecule has 136 valence electrons. The van der Waals surface area contributed by atoms with Gasteiger partial charge in [-0.3, -0.25) is 10.1 Å². The van der Waals surface area contributed by atoms with Crippen LogP contribution in [-0.4, -0.2) is 44.2 Å². The largest absolute Gasteiger partial charge is 0.378 e. The highest BCUT2D eigenvalue weighted by Crippen LogP contribution is 2.35.